The molecule has 0 fully saturated rings. The van der Waals surface area contributed by atoms with Gasteiger partial charge in [0.15, 0.2) is 0 Å². The molecule has 4 heteroatoms. The zero-order valence-corrected chi connectivity index (χ0v) is 35.1. The van der Waals surface area contributed by atoms with Gasteiger partial charge in [-0.05, 0) is 71.2 Å². The fourth-order valence-electron chi connectivity index (χ4n) is 6.53. The van der Waals surface area contributed by atoms with Gasteiger partial charge in [0.25, 0.3) is 0 Å². The molecular weight excluding hydrogens is 883 g/mol. The smallest absolute Gasteiger partial charge is 0.304 e. The van der Waals surface area contributed by atoms with Crippen molar-refractivity contribution in [1.82, 2.24) is 15.0 Å². The molecule has 0 unspecified atom stereocenters. The van der Waals surface area contributed by atoms with Crippen LogP contribution in [-0.2, 0) is 20.1 Å². The Hall–Kier alpha value is -6.58. The molecule has 58 heavy (non-hydrogen) atoms. The monoisotopic (exact) mass is 925 g/mol. The van der Waals surface area contributed by atoms with Crippen LogP contribution < -0.4 is 0 Å². The van der Waals surface area contributed by atoms with Crippen LogP contribution in [0.4, 0.5) is 0 Å². The second-order valence-corrected chi connectivity index (χ2v) is 13.6. The molecule has 9 rings (SSSR count). The van der Waals surface area contributed by atoms with Crippen molar-refractivity contribution in [3.05, 3.63) is 235 Å². The van der Waals surface area contributed by atoms with Gasteiger partial charge in [-0.2, -0.15) is 0 Å². The minimum absolute atomic E-state index is 0. The third-order valence-corrected chi connectivity index (χ3v) is 9.54. The van der Waals surface area contributed by atoms with Crippen molar-refractivity contribution < 1.29 is 20.1 Å². The number of hydrogen-bond donors (Lipinski definition) is 0. The van der Waals surface area contributed by atoms with E-state index in [1.807, 2.05) is 146 Å². The molecule has 0 N–H and O–H groups in total. The van der Waals surface area contributed by atoms with Crippen LogP contribution >= 0.6 is 0 Å². The Morgan fingerprint density at radius 1 is 0.328 bits per heavy atom. The summed E-state index contributed by atoms with van der Waals surface area (Å²) in [6.07, 6.45) is 5.84. The number of aromatic nitrogens is 3. The number of aryl methyl sites for hydroxylation is 3. The van der Waals surface area contributed by atoms with Gasteiger partial charge in [-0.1, -0.05) is 109 Å². The first-order valence-electron chi connectivity index (χ1n) is 19.0. The summed E-state index contributed by atoms with van der Waals surface area (Å²) in [7, 11) is 0. The average molecular weight is 925 g/mol. The molecule has 0 saturated heterocycles. The third-order valence-electron chi connectivity index (χ3n) is 9.54. The average Bonchev–Trinajstić information content (AvgIpc) is 3.28. The van der Waals surface area contributed by atoms with Crippen molar-refractivity contribution in [1.29, 1.82) is 0 Å². The fourth-order valence-corrected chi connectivity index (χ4v) is 6.53. The Kier molecular flexibility index (Phi) is 14.5. The predicted molar refractivity (Wildman–Crippen MR) is 236 cm³/mol. The molecule has 0 saturated carbocycles. The number of rotatable bonds is 6. The van der Waals surface area contributed by atoms with E-state index in [1.54, 1.807) is 0 Å². The molecule has 0 spiro atoms. The van der Waals surface area contributed by atoms with Gasteiger partial charge in [-0.25, -0.2) is 0 Å². The van der Waals surface area contributed by atoms with E-state index in [9.17, 15) is 0 Å². The van der Waals surface area contributed by atoms with Gasteiger partial charge < -0.3 is 15.0 Å². The van der Waals surface area contributed by atoms with E-state index in [4.69, 9.17) is 0 Å². The molecule has 3 nitrogen and oxygen atoms in total. The second kappa shape index (κ2) is 20.5. The Bertz CT molecular complexity index is 2320. The summed E-state index contributed by atoms with van der Waals surface area (Å²) < 4.78 is 0. The maximum Gasteiger partial charge on any atom is 3.00 e. The van der Waals surface area contributed by atoms with Crippen LogP contribution in [0.25, 0.3) is 67.2 Å². The van der Waals surface area contributed by atoms with E-state index < -0.39 is 0 Å². The molecule has 9 aromatic rings. The van der Waals surface area contributed by atoms with Crippen molar-refractivity contribution in [3.63, 3.8) is 0 Å². The van der Waals surface area contributed by atoms with Gasteiger partial charge >= 0.3 is 20.1 Å². The van der Waals surface area contributed by atoms with Crippen molar-refractivity contribution in [2.75, 3.05) is 0 Å². The second-order valence-electron chi connectivity index (χ2n) is 13.6. The maximum atomic E-state index is 4.55. The number of nitrogens with zero attached hydrogens (tertiary/aromatic N) is 3. The van der Waals surface area contributed by atoms with E-state index in [-0.39, 0.29) is 20.1 Å². The SMILES string of the molecule is Cc1cc(-c2[c-]cccc2)ncc1-c1ccccc1.Cc1cc(-c2[c-]cccc2)ncc1-c1ccccc1.Cc1cc(-c2[c-]cccc2)ncc1-c1ccccc1.[Ir+3]. The molecule has 3 heterocycles. The maximum absolute atomic E-state index is 4.55. The van der Waals surface area contributed by atoms with Crippen molar-refractivity contribution in [3.8, 4) is 67.2 Å². The summed E-state index contributed by atoms with van der Waals surface area (Å²) in [6.45, 7) is 6.36. The normalized spacial score (nSPS) is 10.2. The molecule has 0 aliphatic rings. The van der Waals surface area contributed by atoms with Crippen LogP contribution in [0.15, 0.2) is 201 Å². The zero-order chi connectivity index (χ0) is 39.2. The molecule has 282 valence electrons. The number of benzene rings is 6. The van der Waals surface area contributed by atoms with Gasteiger partial charge in [0.1, 0.15) is 0 Å². The van der Waals surface area contributed by atoms with E-state index >= 15 is 0 Å². The molecular formula is C54H42IrN3. The molecule has 6 aromatic carbocycles. The van der Waals surface area contributed by atoms with Gasteiger partial charge in [0.2, 0.25) is 0 Å². The zero-order valence-electron chi connectivity index (χ0n) is 32.7. The summed E-state index contributed by atoms with van der Waals surface area (Å²) in [5.41, 5.74) is 16.9. The van der Waals surface area contributed by atoms with E-state index in [0.717, 1.165) is 33.8 Å². The molecule has 0 aliphatic heterocycles. The van der Waals surface area contributed by atoms with Gasteiger partial charge in [-0.3, -0.25) is 0 Å². The van der Waals surface area contributed by atoms with Crippen molar-refractivity contribution in [2.24, 2.45) is 0 Å². The van der Waals surface area contributed by atoms with Crippen molar-refractivity contribution in [2.45, 2.75) is 20.8 Å². The minimum atomic E-state index is 0. The number of hydrogen-bond acceptors (Lipinski definition) is 3. The standard InChI is InChI=1S/3C18H14N.Ir/c3*1-14-12-18(16-10-6-3-7-11-16)19-13-17(14)15-8-4-2-5-9-15;/h3*2-10,12-13H,1H3;/q3*-1;+3. The Morgan fingerprint density at radius 3 is 0.810 bits per heavy atom. The van der Waals surface area contributed by atoms with Crippen LogP contribution in [0.3, 0.4) is 0 Å². The minimum Gasteiger partial charge on any atom is -0.304 e. The van der Waals surface area contributed by atoms with E-state index in [1.165, 1.54) is 50.1 Å². The van der Waals surface area contributed by atoms with Gasteiger partial charge in [0.05, 0.1) is 0 Å². The first kappa shape index (κ1) is 41.1. The van der Waals surface area contributed by atoms with Crippen molar-refractivity contribution >= 4 is 0 Å². The van der Waals surface area contributed by atoms with Gasteiger partial charge in [-0.15, -0.1) is 108 Å². The molecule has 0 amide bonds. The summed E-state index contributed by atoms with van der Waals surface area (Å²) >= 11 is 0. The van der Waals surface area contributed by atoms with Crippen LogP contribution in [0, 0.1) is 39.0 Å². The fraction of sp³-hybridized carbons (Fsp3) is 0.0556. The van der Waals surface area contributed by atoms with Crippen LogP contribution in [-0.4, -0.2) is 15.0 Å². The van der Waals surface area contributed by atoms with E-state index in [2.05, 4.69) is 109 Å². The van der Waals surface area contributed by atoms with Gasteiger partial charge in [0, 0.05) is 35.3 Å². The summed E-state index contributed by atoms with van der Waals surface area (Å²) in [5.74, 6) is 0. The topological polar surface area (TPSA) is 38.7 Å². The first-order chi connectivity index (χ1) is 28.0. The molecule has 0 radical (unpaired) electrons. The largest absolute Gasteiger partial charge is 3.00 e. The third kappa shape index (κ3) is 10.6. The molecule has 0 aliphatic carbocycles. The molecule has 0 bridgehead atoms. The molecule has 0 atom stereocenters. The Morgan fingerprint density at radius 2 is 0.586 bits per heavy atom. The summed E-state index contributed by atoms with van der Waals surface area (Å²) in [6, 6.07) is 70.8. The van der Waals surface area contributed by atoms with Crippen LogP contribution in [0.2, 0.25) is 0 Å². The Labute approximate surface area is 356 Å². The quantitative estimate of drug-likeness (QED) is 0.156. The van der Waals surface area contributed by atoms with Crippen LogP contribution in [0.1, 0.15) is 16.7 Å². The summed E-state index contributed by atoms with van der Waals surface area (Å²) in [4.78, 5) is 13.7. The van der Waals surface area contributed by atoms with Crippen LogP contribution in [0.5, 0.6) is 0 Å². The summed E-state index contributed by atoms with van der Waals surface area (Å²) in [5, 5.41) is 0. The predicted octanol–water partition coefficient (Wildman–Crippen LogP) is 13.6. The Balaban J connectivity index is 0.000000145. The first-order valence-corrected chi connectivity index (χ1v) is 19.0. The number of pyridine rings is 3. The molecule has 3 aromatic heterocycles. The van der Waals surface area contributed by atoms with E-state index in [0.29, 0.717) is 0 Å².